The van der Waals surface area contributed by atoms with E-state index in [4.69, 9.17) is 22.6 Å². The van der Waals surface area contributed by atoms with Gasteiger partial charge in [0, 0.05) is 19.5 Å². The number of carbonyl (C=O) groups is 8. The van der Waals surface area contributed by atoms with Crippen LogP contribution in [0.5, 0.6) is 0 Å². The number of aliphatic carboxylic acids is 1. The van der Waals surface area contributed by atoms with Gasteiger partial charge in [-0.2, -0.15) is 0 Å². The minimum Gasteiger partial charge on any atom is -0.480 e. The lowest BCUT2D eigenvalue weighted by Gasteiger charge is -2.25. The Hall–Kier alpha value is -5.05. The first-order valence-corrected chi connectivity index (χ1v) is 16.2. The van der Waals surface area contributed by atoms with E-state index in [1.807, 2.05) is 13.8 Å². The fraction of sp³-hybridized carbons (Fsp3) is 0.690. The molecule has 1 fully saturated rings. The maximum Gasteiger partial charge on any atom is 0.326 e. The number of primary amides is 1. The SMILES string of the molecule is CC(C)C[C@H](NC(=O)[C@H](N)CCCNC(=N)N)C(=O)N[C@@H](CO)C(=O)NCC(=O)NCC(=O)N1CCC[C@H]1C(=O)N[C@@H](CCC(N)=O)C(=O)O. The van der Waals surface area contributed by atoms with Crippen LogP contribution in [0.2, 0.25) is 0 Å². The van der Waals surface area contributed by atoms with Crippen molar-refractivity contribution in [2.75, 3.05) is 32.8 Å². The molecular formula is C29H51N11O10. The first-order valence-electron chi connectivity index (χ1n) is 16.2. The standard InChI is InChI=1S/C29H51N11O10/c1-15(2)11-18(38-24(45)16(30)5-3-9-34-29(32)33)26(47)39-19(14-41)25(46)36-12-22(43)35-13-23(44)40-10-4-6-20(40)27(48)37-17(28(49)50)7-8-21(31)42/h15-20,41H,3-14,30H2,1-2H3,(H2,31,42)(H,35,43)(H,36,46)(H,37,48)(H,38,45)(H,39,47)(H,49,50)(H4,32,33,34)/t16-,17+,18+,19+,20+/m1/s1. The molecule has 7 amide bonds. The van der Waals surface area contributed by atoms with Gasteiger partial charge in [-0.25, -0.2) is 4.79 Å². The molecule has 0 radical (unpaired) electrons. The lowest BCUT2D eigenvalue weighted by atomic mass is 10.0. The van der Waals surface area contributed by atoms with Gasteiger partial charge in [0.05, 0.1) is 25.7 Å². The average molecular weight is 714 g/mol. The van der Waals surface area contributed by atoms with Gasteiger partial charge in [-0.15, -0.1) is 0 Å². The molecule has 1 aliphatic rings. The average Bonchev–Trinajstić information content (AvgIpc) is 3.54. The Labute approximate surface area is 289 Å². The Morgan fingerprint density at radius 3 is 2.10 bits per heavy atom. The predicted octanol–water partition coefficient (Wildman–Crippen LogP) is -5.36. The van der Waals surface area contributed by atoms with Crippen LogP contribution < -0.4 is 49.1 Å². The van der Waals surface area contributed by atoms with E-state index in [9.17, 15) is 48.6 Å². The normalized spacial score (nSPS) is 16.3. The number of nitrogens with two attached hydrogens (primary N) is 3. The molecule has 1 heterocycles. The topological polar surface area (TPSA) is 354 Å². The van der Waals surface area contributed by atoms with E-state index in [0.29, 0.717) is 19.4 Å². The molecule has 0 aromatic heterocycles. The van der Waals surface area contributed by atoms with Crippen LogP contribution in [-0.4, -0.2) is 131 Å². The van der Waals surface area contributed by atoms with Crippen molar-refractivity contribution in [3.8, 4) is 0 Å². The van der Waals surface area contributed by atoms with Crippen LogP contribution in [0.1, 0.15) is 58.8 Å². The number of carbonyl (C=O) groups excluding carboxylic acids is 7. The molecule has 1 saturated heterocycles. The highest BCUT2D eigenvalue weighted by Crippen LogP contribution is 2.18. The summed E-state index contributed by atoms with van der Waals surface area (Å²) in [4.78, 5) is 99.9. The number of carboxylic acids is 1. The Morgan fingerprint density at radius 1 is 0.860 bits per heavy atom. The molecule has 5 atom stereocenters. The van der Waals surface area contributed by atoms with Gasteiger partial charge in [-0.1, -0.05) is 13.8 Å². The zero-order valence-corrected chi connectivity index (χ0v) is 28.3. The van der Waals surface area contributed by atoms with Crippen molar-refractivity contribution >= 4 is 53.3 Å². The van der Waals surface area contributed by atoms with Gasteiger partial charge in [-0.3, -0.25) is 39.0 Å². The van der Waals surface area contributed by atoms with Crippen molar-refractivity contribution in [3.05, 3.63) is 0 Å². The predicted molar refractivity (Wildman–Crippen MR) is 176 cm³/mol. The zero-order chi connectivity index (χ0) is 38.0. The van der Waals surface area contributed by atoms with Gasteiger partial charge in [0.15, 0.2) is 5.96 Å². The molecule has 21 heteroatoms. The Balaban J connectivity index is 2.65. The molecule has 50 heavy (non-hydrogen) atoms. The number of likely N-dealkylation sites (tertiary alicyclic amines) is 1. The summed E-state index contributed by atoms with van der Waals surface area (Å²) in [6, 6.07) is -5.94. The van der Waals surface area contributed by atoms with Crippen molar-refractivity contribution in [3.63, 3.8) is 0 Å². The first kappa shape index (κ1) is 43.0. The molecule has 21 nitrogen and oxygen atoms in total. The van der Waals surface area contributed by atoms with E-state index >= 15 is 0 Å². The Kier molecular flexibility index (Phi) is 18.8. The number of guanidine groups is 1. The summed E-state index contributed by atoms with van der Waals surface area (Å²) in [5, 5.41) is 40.6. The second kappa shape index (κ2) is 21.8. The summed E-state index contributed by atoms with van der Waals surface area (Å²) in [5.74, 6) is -6.88. The van der Waals surface area contributed by atoms with Crippen LogP contribution in [0.25, 0.3) is 0 Å². The number of amides is 7. The number of hydrogen-bond donors (Lipinski definition) is 12. The van der Waals surface area contributed by atoms with Crippen LogP contribution in [0.15, 0.2) is 0 Å². The third kappa shape index (κ3) is 15.9. The number of nitrogens with zero attached hydrogens (tertiary/aromatic N) is 1. The van der Waals surface area contributed by atoms with Gasteiger partial charge in [0.2, 0.25) is 41.4 Å². The summed E-state index contributed by atoms with van der Waals surface area (Å²) in [7, 11) is 0. The van der Waals surface area contributed by atoms with Crippen molar-refractivity contribution in [2.24, 2.45) is 23.1 Å². The largest absolute Gasteiger partial charge is 0.480 e. The number of carboxylic acid groups (broad SMARTS) is 1. The number of aliphatic hydroxyl groups excluding tert-OH is 1. The first-order chi connectivity index (χ1) is 23.5. The summed E-state index contributed by atoms with van der Waals surface area (Å²) >= 11 is 0. The number of hydrogen-bond acceptors (Lipinski definition) is 11. The monoisotopic (exact) mass is 713 g/mol. The van der Waals surface area contributed by atoms with Gasteiger partial charge in [0.25, 0.3) is 0 Å². The summed E-state index contributed by atoms with van der Waals surface area (Å²) in [6.45, 7) is 2.08. The molecule has 0 saturated carbocycles. The maximum absolute atomic E-state index is 13.0. The molecular weight excluding hydrogens is 662 g/mol. The van der Waals surface area contributed by atoms with Crippen molar-refractivity contribution in [1.82, 2.24) is 36.8 Å². The number of rotatable bonds is 22. The van der Waals surface area contributed by atoms with Crippen LogP contribution in [-0.2, 0) is 38.4 Å². The Bertz CT molecular complexity index is 1250. The lowest BCUT2D eigenvalue weighted by molar-refractivity contribution is -0.144. The van der Waals surface area contributed by atoms with E-state index in [1.54, 1.807) is 0 Å². The highest BCUT2D eigenvalue weighted by atomic mass is 16.4. The van der Waals surface area contributed by atoms with E-state index in [1.165, 1.54) is 4.90 Å². The number of nitrogens with one attached hydrogen (secondary N) is 7. The summed E-state index contributed by atoms with van der Waals surface area (Å²) in [5.41, 5.74) is 16.2. The third-order valence-electron chi connectivity index (χ3n) is 7.53. The summed E-state index contributed by atoms with van der Waals surface area (Å²) < 4.78 is 0. The molecule has 282 valence electrons. The van der Waals surface area contributed by atoms with Gasteiger partial charge >= 0.3 is 5.97 Å². The maximum atomic E-state index is 13.0. The second-order valence-corrected chi connectivity index (χ2v) is 12.2. The van der Waals surface area contributed by atoms with Crippen LogP contribution in [0.4, 0.5) is 0 Å². The van der Waals surface area contributed by atoms with Crippen LogP contribution >= 0.6 is 0 Å². The van der Waals surface area contributed by atoms with Gasteiger partial charge in [0.1, 0.15) is 24.2 Å². The van der Waals surface area contributed by atoms with E-state index in [0.717, 1.165) is 0 Å². The molecule has 1 rings (SSSR count). The lowest BCUT2D eigenvalue weighted by Crippen LogP contribution is -2.57. The number of aliphatic hydroxyl groups is 1. The minimum absolute atomic E-state index is 0.0602. The highest BCUT2D eigenvalue weighted by molar-refractivity contribution is 5.95. The highest BCUT2D eigenvalue weighted by Gasteiger charge is 2.36. The van der Waals surface area contributed by atoms with Crippen molar-refractivity contribution < 1.29 is 48.6 Å². The fourth-order valence-corrected chi connectivity index (χ4v) is 4.90. The van der Waals surface area contributed by atoms with Crippen LogP contribution in [0.3, 0.4) is 0 Å². The molecule has 0 bridgehead atoms. The van der Waals surface area contributed by atoms with Gasteiger partial charge < -0.3 is 64.2 Å². The zero-order valence-electron chi connectivity index (χ0n) is 28.3. The fourth-order valence-electron chi connectivity index (χ4n) is 4.90. The quantitative estimate of drug-likeness (QED) is 0.0284. The second-order valence-electron chi connectivity index (χ2n) is 12.2. The van der Waals surface area contributed by atoms with Gasteiger partial charge in [-0.05, 0) is 44.4 Å². The molecule has 0 unspecified atom stereocenters. The molecule has 0 spiro atoms. The van der Waals surface area contributed by atoms with Crippen molar-refractivity contribution in [2.45, 2.75) is 89.0 Å². The van der Waals surface area contributed by atoms with Crippen LogP contribution in [0, 0.1) is 11.3 Å². The third-order valence-corrected chi connectivity index (χ3v) is 7.53. The van der Waals surface area contributed by atoms with E-state index in [-0.39, 0.29) is 50.5 Å². The minimum atomic E-state index is -1.49. The summed E-state index contributed by atoms with van der Waals surface area (Å²) in [6.07, 6.45) is 1.03. The molecule has 0 aromatic rings. The molecule has 0 aromatic carbocycles. The Morgan fingerprint density at radius 2 is 1.52 bits per heavy atom. The molecule has 0 aliphatic carbocycles. The smallest absolute Gasteiger partial charge is 0.326 e. The molecule has 15 N–H and O–H groups in total. The van der Waals surface area contributed by atoms with E-state index < -0.39 is 97.2 Å². The van der Waals surface area contributed by atoms with E-state index in [2.05, 4.69) is 31.9 Å². The van der Waals surface area contributed by atoms with Crippen molar-refractivity contribution in [1.29, 1.82) is 5.41 Å². The molecule has 1 aliphatic heterocycles.